The van der Waals surface area contributed by atoms with Crippen molar-refractivity contribution in [3.05, 3.63) is 0 Å². The summed E-state index contributed by atoms with van der Waals surface area (Å²) in [4.78, 5) is 0. The lowest BCUT2D eigenvalue weighted by Gasteiger charge is -2.64. The molecule has 0 aromatic rings. The number of aliphatic hydroxyl groups is 2. The molecule has 0 saturated heterocycles. The quantitative estimate of drug-likeness (QED) is 0.446. The number of fused-ring (bicyclic) bond motifs is 5. The molecule has 4 aliphatic rings. The normalized spacial score (nSPS) is 49.7. The third kappa shape index (κ3) is 4.08. The van der Waals surface area contributed by atoms with Crippen LogP contribution in [0.4, 0.5) is 0 Å². The first kappa shape index (κ1) is 24.9. The Bertz CT molecular complexity index is 785. The van der Waals surface area contributed by atoms with Gasteiger partial charge in [0.05, 0.1) is 18.8 Å². The van der Waals surface area contributed by atoms with Crippen LogP contribution in [0.1, 0.15) is 85.5 Å². The van der Waals surface area contributed by atoms with Gasteiger partial charge in [0.1, 0.15) is 0 Å². The molecule has 11 atom stereocenters. The molecule has 0 bridgehead atoms. The smallest absolute Gasteiger partial charge is 0.217 e. The molecular formula is C25H43O6S-. The highest BCUT2D eigenvalue weighted by Gasteiger charge is 2.64. The average molecular weight is 472 g/mol. The predicted molar refractivity (Wildman–Crippen MR) is 121 cm³/mol. The van der Waals surface area contributed by atoms with E-state index in [1.807, 2.05) is 0 Å². The van der Waals surface area contributed by atoms with Crippen LogP contribution in [0.25, 0.3) is 0 Å². The zero-order chi connectivity index (χ0) is 23.5. The Morgan fingerprint density at radius 1 is 1.03 bits per heavy atom. The molecule has 0 aliphatic heterocycles. The lowest BCUT2D eigenvalue weighted by molar-refractivity contribution is -0.203. The molecule has 4 aliphatic carbocycles. The van der Waals surface area contributed by atoms with E-state index in [1.165, 1.54) is 0 Å². The van der Waals surface area contributed by atoms with Gasteiger partial charge in [0.15, 0.2) is 0 Å². The van der Waals surface area contributed by atoms with E-state index < -0.39 is 10.4 Å². The molecule has 0 spiro atoms. The minimum atomic E-state index is -4.64. The Morgan fingerprint density at radius 3 is 2.34 bits per heavy atom. The van der Waals surface area contributed by atoms with Crippen LogP contribution >= 0.6 is 0 Å². The Morgan fingerprint density at radius 2 is 1.69 bits per heavy atom. The number of aliphatic hydroxyl groups excluding tert-OH is 2. The van der Waals surface area contributed by atoms with Crippen LogP contribution in [0.15, 0.2) is 0 Å². The van der Waals surface area contributed by atoms with Crippen LogP contribution in [0, 0.1) is 52.3 Å². The van der Waals surface area contributed by atoms with Crippen LogP contribution in [0.5, 0.6) is 0 Å². The average Bonchev–Trinajstić information content (AvgIpc) is 3.06. The molecule has 6 nitrogen and oxygen atoms in total. The van der Waals surface area contributed by atoms with Crippen molar-refractivity contribution >= 4 is 10.4 Å². The largest absolute Gasteiger partial charge is 0.726 e. The molecule has 0 heterocycles. The minimum absolute atomic E-state index is 0.0427. The molecule has 0 radical (unpaired) electrons. The van der Waals surface area contributed by atoms with E-state index in [0.717, 1.165) is 51.4 Å². The molecule has 11 unspecified atom stereocenters. The summed E-state index contributed by atoms with van der Waals surface area (Å²) in [7, 11) is -4.64. The van der Waals surface area contributed by atoms with E-state index in [-0.39, 0.29) is 41.5 Å². The minimum Gasteiger partial charge on any atom is -0.726 e. The van der Waals surface area contributed by atoms with Crippen molar-refractivity contribution in [2.75, 3.05) is 6.61 Å². The van der Waals surface area contributed by atoms with Gasteiger partial charge in [0.2, 0.25) is 10.4 Å². The number of hydrogen-bond acceptors (Lipinski definition) is 6. The first-order chi connectivity index (χ1) is 14.9. The fraction of sp³-hybridized carbons (Fsp3) is 1.00. The Kier molecular flexibility index (Phi) is 6.83. The van der Waals surface area contributed by atoms with E-state index >= 15 is 0 Å². The van der Waals surface area contributed by atoms with Crippen molar-refractivity contribution in [3.63, 3.8) is 0 Å². The zero-order valence-corrected chi connectivity index (χ0v) is 21.0. The molecule has 0 amide bonds. The SMILES string of the molecule is CCC1C(O)C2C3CCC(C(C)CCOS(=O)(=O)[O-])C3(C)CCC2C2(C)CCC(O)CC12. The molecule has 4 saturated carbocycles. The van der Waals surface area contributed by atoms with Gasteiger partial charge >= 0.3 is 0 Å². The van der Waals surface area contributed by atoms with Crippen molar-refractivity contribution in [2.24, 2.45) is 52.3 Å². The van der Waals surface area contributed by atoms with Crippen LogP contribution in [-0.4, -0.2) is 42.0 Å². The highest BCUT2D eigenvalue weighted by Crippen LogP contribution is 2.69. The van der Waals surface area contributed by atoms with Crippen LogP contribution in [0.3, 0.4) is 0 Å². The van der Waals surface area contributed by atoms with E-state index in [0.29, 0.717) is 36.0 Å². The second-order valence-electron chi connectivity index (χ2n) is 12.1. The highest BCUT2D eigenvalue weighted by atomic mass is 32.3. The van der Waals surface area contributed by atoms with Gasteiger partial charge in [-0.25, -0.2) is 8.42 Å². The van der Waals surface area contributed by atoms with Gasteiger partial charge in [-0.2, -0.15) is 0 Å². The van der Waals surface area contributed by atoms with Gasteiger partial charge in [-0.05, 0) is 104 Å². The van der Waals surface area contributed by atoms with Gasteiger partial charge in [-0.3, -0.25) is 4.18 Å². The Hall–Kier alpha value is -0.210. The van der Waals surface area contributed by atoms with Crippen molar-refractivity contribution in [1.82, 2.24) is 0 Å². The summed E-state index contributed by atoms with van der Waals surface area (Å²) in [5, 5.41) is 22.1. The van der Waals surface area contributed by atoms with E-state index in [2.05, 4.69) is 31.9 Å². The monoisotopic (exact) mass is 471 g/mol. The summed E-state index contributed by atoms with van der Waals surface area (Å²) in [5.41, 5.74) is 0.332. The molecule has 2 N–H and O–H groups in total. The first-order valence-corrected chi connectivity index (χ1v) is 14.2. The molecule has 7 heteroatoms. The lowest BCUT2D eigenvalue weighted by atomic mass is 9.41. The molecule has 0 aromatic carbocycles. The zero-order valence-electron chi connectivity index (χ0n) is 20.2. The van der Waals surface area contributed by atoms with E-state index in [9.17, 15) is 23.2 Å². The van der Waals surface area contributed by atoms with Crippen LogP contribution < -0.4 is 0 Å². The maximum atomic E-state index is 11.7. The maximum Gasteiger partial charge on any atom is 0.217 e. The summed E-state index contributed by atoms with van der Waals surface area (Å²) >= 11 is 0. The Balaban J connectivity index is 1.56. The number of rotatable bonds is 6. The first-order valence-electron chi connectivity index (χ1n) is 12.9. The van der Waals surface area contributed by atoms with Crippen molar-refractivity contribution in [2.45, 2.75) is 97.7 Å². The van der Waals surface area contributed by atoms with Gasteiger partial charge < -0.3 is 14.8 Å². The summed E-state index contributed by atoms with van der Waals surface area (Å²) < 4.78 is 37.0. The van der Waals surface area contributed by atoms with Crippen molar-refractivity contribution in [3.8, 4) is 0 Å². The van der Waals surface area contributed by atoms with Gasteiger partial charge in [-0.1, -0.05) is 34.1 Å². The maximum absolute atomic E-state index is 11.7. The molecular weight excluding hydrogens is 428 g/mol. The van der Waals surface area contributed by atoms with Gasteiger partial charge in [0.25, 0.3) is 0 Å². The fourth-order valence-corrected chi connectivity index (χ4v) is 9.77. The van der Waals surface area contributed by atoms with E-state index in [1.54, 1.807) is 0 Å². The van der Waals surface area contributed by atoms with Crippen LogP contribution in [-0.2, 0) is 14.6 Å². The fourth-order valence-electron chi connectivity index (χ4n) is 9.47. The topological polar surface area (TPSA) is 107 Å². The molecule has 0 aromatic heterocycles. The predicted octanol–water partition coefficient (Wildman–Crippen LogP) is 4.12. The third-order valence-corrected chi connectivity index (χ3v) is 11.4. The second kappa shape index (κ2) is 8.78. The van der Waals surface area contributed by atoms with Crippen molar-refractivity contribution < 1.29 is 27.4 Å². The summed E-state index contributed by atoms with van der Waals surface area (Å²) in [6.07, 6.45) is 8.26. The van der Waals surface area contributed by atoms with Crippen LogP contribution in [0.2, 0.25) is 0 Å². The van der Waals surface area contributed by atoms with Gasteiger partial charge in [-0.15, -0.1) is 0 Å². The molecule has 4 fully saturated rings. The summed E-state index contributed by atoms with van der Waals surface area (Å²) in [6.45, 7) is 9.17. The molecule has 4 rings (SSSR count). The second-order valence-corrected chi connectivity index (χ2v) is 13.2. The number of hydrogen-bond donors (Lipinski definition) is 2. The summed E-state index contributed by atoms with van der Waals surface area (Å²) in [5.74, 6) is 2.69. The lowest BCUT2D eigenvalue weighted by Crippen LogP contribution is -2.62. The van der Waals surface area contributed by atoms with E-state index in [4.69, 9.17) is 0 Å². The molecule has 32 heavy (non-hydrogen) atoms. The van der Waals surface area contributed by atoms with Gasteiger partial charge in [0, 0.05) is 0 Å². The molecule has 186 valence electrons. The summed E-state index contributed by atoms with van der Waals surface area (Å²) in [6, 6.07) is 0. The Labute approximate surface area is 194 Å². The third-order valence-electron chi connectivity index (χ3n) is 11.0. The standard InChI is InChI=1S/C25H44O6S/c1-5-17-21-14-16(26)8-11-25(21,4)20-9-12-24(3)18(6-7-19(24)22(20)23(17)27)15(2)10-13-31-32(28,29)30/h15-23,26-27H,5-14H2,1-4H3,(H,28,29,30)/p-1. The highest BCUT2D eigenvalue weighted by molar-refractivity contribution is 7.80. The van der Waals surface area contributed by atoms with Crippen molar-refractivity contribution in [1.29, 1.82) is 0 Å².